The summed E-state index contributed by atoms with van der Waals surface area (Å²) in [6.07, 6.45) is 6.80. The van der Waals surface area contributed by atoms with Crippen LogP contribution in [0.1, 0.15) is 99.0 Å². The van der Waals surface area contributed by atoms with Crippen LogP contribution in [0.4, 0.5) is 5.69 Å². The van der Waals surface area contributed by atoms with Gasteiger partial charge in [0.15, 0.2) is 0 Å². The van der Waals surface area contributed by atoms with E-state index in [1.165, 1.54) is 40.7 Å². The Balaban J connectivity index is 0.000000405. The molecule has 0 heterocycles. The van der Waals surface area contributed by atoms with Crippen LogP contribution in [0.2, 0.25) is 0 Å². The fourth-order valence-corrected chi connectivity index (χ4v) is 5.03. The van der Waals surface area contributed by atoms with Crippen LogP contribution < -0.4 is 5.73 Å². The van der Waals surface area contributed by atoms with Gasteiger partial charge in [0.05, 0.1) is 5.56 Å². The number of benzene rings is 3. The number of aromatic carboxylic acids is 1. The molecule has 0 aliphatic heterocycles. The monoisotopic (exact) mass is 499 g/mol. The first-order valence-corrected chi connectivity index (χ1v) is 13.1. The van der Waals surface area contributed by atoms with E-state index in [4.69, 9.17) is 15.9 Å². The van der Waals surface area contributed by atoms with E-state index in [0.717, 1.165) is 18.4 Å². The second kappa shape index (κ2) is 11.2. The predicted molar refractivity (Wildman–Crippen MR) is 155 cm³/mol. The molecule has 0 saturated carbocycles. The zero-order valence-electron chi connectivity index (χ0n) is 23.1. The van der Waals surface area contributed by atoms with Crippen LogP contribution in [-0.4, -0.2) is 16.2 Å². The van der Waals surface area contributed by atoms with Gasteiger partial charge in [-0.3, -0.25) is 0 Å². The normalized spacial score (nSPS) is 15.8. The molecule has 0 aromatic heterocycles. The quantitative estimate of drug-likeness (QED) is 0.188. The maximum atomic E-state index is 11.1. The van der Waals surface area contributed by atoms with E-state index in [1.54, 1.807) is 36.4 Å². The van der Waals surface area contributed by atoms with Crippen molar-refractivity contribution in [2.24, 2.45) is 0 Å². The summed E-state index contributed by atoms with van der Waals surface area (Å²) in [6.45, 7) is 13.9. The van der Waals surface area contributed by atoms with Crippen LogP contribution in [0, 0.1) is 0 Å². The highest BCUT2D eigenvalue weighted by molar-refractivity contribution is 5.88. The third-order valence-electron chi connectivity index (χ3n) is 7.45. The molecule has 37 heavy (non-hydrogen) atoms. The van der Waals surface area contributed by atoms with E-state index in [1.807, 2.05) is 12.1 Å². The van der Waals surface area contributed by atoms with E-state index < -0.39 is 5.97 Å². The first-order chi connectivity index (χ1) is 17.3. The van der Waals surface area contributed by atoms with Gasteiger partial charge < -0.3 is 15.9 Å². The van der Waals surface area contributed by atoms with Crippen molar-refractivity contribution in [2.45, 2.75) is 78.1 Å². The third kappa shape index (κ3) is 6.82. The van der Waals surface area contributed by atoms with Gasteiger partial charge >= 0.3 is 5.97 Å². The molecule has 4 heteroatoms. The van der Waals surface area contributed by atoms with Crippen molar-refractivity contribution in [3.05, 3.63) is 94.0 Å². The number of carbonyl (C=O) groups is 1. The number of hydrogen-bond acceptors (Lipinski definition) is 3. The van der Waals surface area contributed by atoms with E-state index in [0.29, 0.717) is 11.3 Å². The molecule has 0 unspecified atom stereocenters. The van der Waals surface area contributed by atoms with Crippen molar-refractivity contribution in [1.82, 2.24) is 0 Å². The van der Waals surface area contributed by atoms with E-state index >= 15 is 0 Å². The van der Waals surface area contributed by atoms with Gasteiger partial charge in [0, 0.05) is 5.69 Å². The van der Waals surface area contributed by atoms with E-state index in [2.05, 4.69) is 59.8 Å². The first-order valence-electron chi connectivity index (χ1n) is 13.1. The van der Waals surface area contributed by atoms with Gasteiger partial charge in [0.1, 0.15) is 5.75 Å². The second-order valence-electron chi connectivity index (χ2n) is 11.4. The summed E-state index contributed by atoms with van der Waals surface area (Å²) >= 11 is 0. The van der Waals surface area contributed by atoms with Gasteiger partial charge in [-0.2, -0.15) is 0 Å². The number of aryl methyl sites for hydroxylation is 1. The minimum atomic E-state index is -0.887. The number of carboxylic acids is 1. The number of nitrogens with two attached hydrogens (primary N) is 1. The number of hydrogen-bond donors (Lipinski definition) is 3. The van der Waals surface area contributed by atoms with Crippen molar-refractivity contribution >= 4 is 23.3 Å². The molecule has 0 saturated heterocycles. The molecule has 0 amide bonds. The third-order valence-corrected chi connectivity index (χ3v) is 7.45. The molecule has 196 valence electrons. The van der Waals surface area contributed by atoms with Crippen LogP contribution >= 0.6 is 0 Å². The summed E-state index contributed by atoms with van der Waals surface area (Å²) in [4.78, 5) is 11.1. The number of fused-ring (bicyclic) bond motifs is 1. The van der Waals surface area contributed by atoms with Crippen LogP contribution in [0.25, 0.3) is 11.6 Å². The van der Waals surface area contributed by atoms with Crippen molar-refractivity contribution in [3.8, 4) is 5.75 Å². The lowest BCUT2D eigenvalue weighted by atomic mass is 9.62. The predicted octanol–water partition coefficient (Wildman–Crippen LogP) is 8.22. The Kier molecular flexibility index (Phi) is 8.53. The summed E-state index contributed by atoms with van der Waals surface area (Å²) in [5.41, 5.74) is 14.7. The molecule has 1 aliphatic rings. The topological polar surface area (TPSA) is 83.5 Å². The van der Waals surface area contributed by atoms with Gasteiger partial charge in [-0.15, -0.1) is 0 Å². The highest BCUT2D eigenvalue weighted by Gasteiger charge is 2.37. The maximum absolute atomic E-state index is 11.1. The molecular formula is C33H41NO3. The summed E-state index contributed by atoms with van der Waals surface area (Å²) in [5.74, 6) is -0.638. The summed E-state index contributed by atoms with van der Waals surface area (Å²) in [7, 11) is 0. The van der Waals surface area contributed by atoms with Crippen molar-refractivity contribution in [3.63, 3.8) is 0 Å². The Hall–Kier alpha value is -3.53. The lowest BCUT2D eigenvalue weighted by Crippen LogP contribution is -2.34. The number of nitrogen functional groups attached to an aromatic ring is 1. The van der Waals surface area contributed by atoms with Crippen molar-refractivity contribution in [2.75, 3.05) is 5.73 Å². The number of aromatic hydroxyl groups is 1. The second-order valence-corrected chi connectivity index (χ2v) is 11.4. The van der Waals surface area contributed by atoms with Crippen LogP contribution in [-0.2, 0) is 17.3 Å². The molecule has 0 atom stereocenters. The van der Waals surface area contributed by atoms with Gasteiger partial charge in [0.2, 0.25) is 0 Å². The van der Waals surface area contributed by atoms with Crippen LogP contribution in [0.5, 0.6) is 5.75 Å². The first kappa shape index (κ1) is 28.0. The minimum absolute atomic E-state index is 0.188. The van der Waals surface area contributed by atoms with Crippen molar-refractivity contribution < 1.29 is 15.0 Å². The molecule has 3 aromatic rings. The molecular weight excluding hydrogens is 458 g/mol. The lowest BCUT2D eigenvalue weighted by Gasteiger charge is -2.42. The van der Waals surface area contributed by atoms with Gasteiger partial charge in [0.25, 0.3) is 0 Å². The SMILES string of the molecule is CCCc1cc2c(cc1/C(C)=C/c1ccc(C(=O)O)cc1)C(C)(C)CCC2(C)C.Nc1ccc(O)cc1. The maximum Gasteiger partial charge on any atom is 0.335 e. The summed E-state index contributed by atoms with van der Waals surface area (Å²) in [6, 6.07) is 18.4. The zero-order chi connectivity index (χ0) is 27.4. The van der Waals surface area contributed by atoms with Gasteiger partial charge in [-0.05, 0) is 107 Å². The van der Waals surface area contributed by atoms with Gasteiger partial charge in [-0.1, -0.05) is 71.4 Å². The summed E-state index contributed by atoms with van der Waals surface area (Å²) in [5, 5.41) is 17.8. The Morgan fingerprint density at radius 1 is 0.919 bits per heavy atom. The fraction of sp³-hybridized carbons (Fsp3) is 0.364. The Morgan fingerprint density at radius 2 is 1.46 bits per heavy atom. The minimum Gasteiger partial charge on any atom is -0.508 e. The zero-order valence-corrected chi connectivity index (χ0v) is 23.1. The number of phenolic OH excluding ortho intramolecular Hbond substituents is 1. The van der Waals surface area contributed by atoms with E-state index in [9.17, 15) is 4.79 Å². The molecule has 4 rings (SSSR count). The molecule has 1 aliphatic carbocycles. The number of rotatable bonds is 5. The molecule has 0 fully saturated rings. The molecule has 4 N–H and O–H groups in total. The molecule has 0 radical (unpaired) electrons. The highest BCUT2D eigenvalue weighted by atomic mass is 16.4. The van der Waals surface area contributed by atoms with Crippen LogP contribution in [0.15, 0.2) is 60.7 Å². The Morgan fingerprint density at radius 3 is 1.95 bits per heavy atom. The number of anilines is 1. The standard InChI is InChI=1S/C27H34O2.C6H7NO/c1-7-8-21-16-23-24(27(5,6)14-13-26(23,3)4)17-22(21)18(2)15-19-9-11-20(12-10-19)25(28)29;7-5-1-3-6(8)4-2-5/h9-12,15-17H,7-8,13-14H2,1-6H3,(H,28,29);1-4,8H,7H2/b18-15+;. The molecule has 4 nitrogen and oxygen atoms in total. The molecule has 0 spiro atoms. The average molecular weight is 500 g/mol. The van der Waals surface area contributed by atoms with Gasteiger partial charge in [-0.25, -0.2) is 4.79 Å². The highest BCUT2D eigenvalue weighted by Crippen LogP contribution is 2.47. The Labute approximate surface area is 221 Å². The smallest absolute Gasteiger partial charge is 0.335 e. The van der Waals surface area contributed by atoms with Crippen molar-refractivity contribution in [1.29, 1.82) is 0 Å². The summed E-state index contributed by atoms with van der Waals surface area (Å²) < 4.78 is 0. The average Bonchev–Trinajstić information content (AvgIpc) is 2.84. The fourth-order valence-electron chi connectivity index (χ4n) is 5.03. The largest absolute Gasteiger partial charge is 0.508 e. The number of phenols is 1. The molecule has 3 aromatic carbocycles. The molecule has 0 bridgehead atoms. The number of allylic oxidation sites excluding steroid dienone is 1. The Bertz CT molecular complexity index is 1250. The lowest BCUT2D eigenvalue weighted by molar-refractivity contribution is 0.0697. The van der Waals surface area contributed by atoms with E-state index in [-0.39, 0.29) is 16.6 Å². The van der Waals surface area contributed by atoms with Crippen LogP contribution in [0.3, 0.4) is 0 Å². The number of carboxylic acid groups (broad SMARTS) is 1.